The van der Waals surface area contributed by atoms with E-state index in [4.69, 9.17) is 5.11 Å². The van der Waals surface area contributed by atoms with Gasteiger partial charge >= 0.3 is 0 Å². The van der Waals surface area contributed by atoms with E-state index in [0.29, 0.717) is 0 Å². The van der Waals surface area contributed by atoms with Crippen molar-refractivity contribution in [3.63, 3.8) is 0 Å². The molecule has 2 rings (SSSR count). The highest BCUT2D eigenvalue weighted by Gasteiger charge is 2.09. The van der Waals surface area contributed by atoms with E-state index in [9.17, 15) is 5.11 Å². The zero-order valence-corrected chi connectivity index (χ0v) is 12.7. The Bertz CT molecular complexity index is 418. The molecule has 0 heterocycles. The molecular weight excluding hydrogens is 262 g/mol. The molecule has 21 heavy (non-hydrogen) atoms. The minimum atomic E-state index is 0.231. The van der Waals surface area contributed by atoms with Crippen LogP contribution >= 0.6 is 0 Å². The lowest BCUT2D eigenvalue weighted by atomic mass is 10.1. The van der Waals surface area contributed by atoms with Crippen LogP contribution in [0.2, 0.25) is 0 Å². The van der Waals surface area contributed by atoms with E-state index in [0.717, 1.165) is 19.6 Å². The Morgan fingerprint density at radius 2 is 1.14 bits per heavy atom. The molecule has 2 aromatic carbocycles. The normalized spacial score (nSPS) is 10.1. The summed E-state index contributed by atoms with van der Waals surface area (Å²) < 4.78 is 0. The molecule has 114 valence electrons. The molecule has 0 saturated heterocycles. The van der Waals surface area contributed by atoms with Gasteiger partial charge in [-0.15, -0.1) is 0 Å². The molecule has 0 aromatic heterocycles. The first-order chi connectivity index (χ1) is 10.3. The molecular formula is C18H26NO2+. The van der Waals surface area contributed by atoms with E-state index in [1.54, 1.807) is 6.92 Å². The van der Waals surface area contributed by atoms with Gasteiger partial charge in [-0.1, -0.05) is 60.7 Å². The maximum absolute atomic E-state index is 9.17. The molecule has 3 heteroatoms. The van der Waals surface area contributed by atoms with Crippen LogP contribution in [0.25, 0.3) is 0 Å². The van der Waals surface area contributed by atoms with Crippen molar-refractivity contribution in [1.29, 1.82) is 0 Å². The summed E-state index contributed by atoms with van der Waals surface area (Å²) in [6.45, 7) is 4.85. The Balaban J connectivity index is 0.000000677. The van der Waals surface area contributed by atoms with E-state index < -0.39 is 0 Å². The fourth-order valence-corrected chi connectivity index (χ4v) is 2.17. The maximum Gasteiger partial charge on any atom is 0.103 e. The number of hydrogen-bond donors (Lipinski definition) is 3. The summed E-state index contributed by atoms with van der Waals surface area (Å²) in [4.78, 5) is 1.38. The Labute approximate surface area is 127 Å². The molecule has 0 bridgehead atoms. The molecule has 0 unspecified atom stereocenters. The van der Waals surface area contributed by atoms with Crippen LogP contribution in [0.1, 0.15) is 18.1 Å². The minimum Gasteiger partial charge on any atom is -0.397 e. The number of benzene rings is 2. The molecule has 0 atom stereocenters. The molecule has 3 N–H and O–H groups in total. The molecule has 0 radical (unpaired) electrons. The van der Waals surface area contributed by atoms with Crippen LogP contribution < -0.4 is 4.90 Å². The number of nitrogens with one attached hydrogen (secondary N) is 1. The number of hydrogen-bond acceptors (Lipinski definition) is 2. The third-order valence-electron chi connectivity index (χ3n) is 3.06. The van der Waals surface area contributed by atoms with Gasteiger partial charge < -0.3 is 15.1 Å². The lowest BCUT2D eigenvalue weighted by Crippen LogP contribution is -3.09. The van der Waals surface area contributed by atoms with E-state index >= 15 is 0 Å². The zero-order valence-electron chi connectivity index (χ0n) is 12.7. The highest BCUT2D eigenvalue weighted by atomic mass is 16.3. The predicted molar refractivity (Wildman–Crippen MR) is 86.0 cm³/mol. The summed E-state index contributed by atoms with van der Waals surface area (Å²) >= 11 is 0. The van der Waals surface area contributed by atoms with Crippen molar-refractivity contribution in [3.05, 3.63) is 71.8 Å². The van der Waals surface area contributed by atoms with Gasteiger partial charge in [-0.05, 0) is 6.92 Å². The van der Waals surface area contributed by atoms with Crippen LogP contribution in [-0.4, -0.2) is 30.0 Å². The molecule has 0 aliphatic carbocycles. The van der Waals surface area contributed by atoms with E-state index in [1.165, 1.54) is 16.0 Å². The van der Waals surface area contributed by atoms with Crippen LogP contribution in [0.5, 0.6) is 0 Å². The van der Waals surface area contributed by atoms with Gasteiger partial charge in [0, 0.05) is 17.7 Å². The Kier molecular flexibility index (Phi) is 9.13. The second-order valence-electron chi connectivity index (χ2n) is 4.86. The second-order valence-corrected chi connectivity index (χ2v) is 4.86. The molecule has 0 aliphatic rings. The van der Waals surface area contributed by atoms with Gasteiger partial charge in [0.05, 0.1) is 6.61 Å². The summed E-state index contributed by atoms with van der Waals surface area (Å²) in [5.41, 5.74) is 2.63. The van der Waals surface area contributed by atoms with Gasteiger partial charge in [-0.2, -0.15) is 0 Å². The Morgan fingerprint density at radius 1 is 0.762 bits per heavy atom. The fraction of sp³-hybridized carbons (Fsp3) is 0.333. The number of aliphatic hydroxyl groups is 2. The number of rotatable bonds is 6. The smallest absolute Gasteiger partial charge is 0.103 e. The van der Waals surface area contributed by atoms with Crippen molar-refractivity contribution < 1.29 is 15.1 Å². The van der Waals surface area contributed by atoms with Crippen LogP contribution in [0.3, 0.4) is 0 Å². The Morgan fingerprint density at radius 3 is 1.48 bits per heavy atom. The molecule has 0 fully saturated rings. The van der Waals surface area contributed by atoms with Crippen molar-refractivity contribution in [3.8, 4) is 0 Å². The summed E-state index contributed by atoms with van der Waals surface area (Å²) in [6, 6.07) is 20.9. The molecule has 0 aliphatic heterocycles. The van der Waals surface area contributed by atoms with Crippen LogP contribution in [0.15, 0.2) is 60.7 Å². The van der Waals surface area contributed by atoms with Crippen molar-refractivity contribution in [2.45, 2.75) is 20.0 Å². The predicted octanol–water partition coefficient (Wildman–Crippen LogP) is 1.26. The fourth-order valence-electron chi connectivity index (χ4n) is 2.17. The van der Waals surface area contributed by atoms with Crippen molar-refractivity contribution in [1.82, 2.24) is 0 Å². The van der Waals surface area contributed by atoms with Crippen molar-refractivity contribution in [2.75, 3.05) is 19.8 Å². The van der Waals surface area contributed by atoms with Crippen LogP contribution in [0, 0.1) is 0 Å². The molecule has 0 amide bonds. The van der Waals surface area contributed by atoms with Crippen molar-refractivity contribution in [2.24, 2.45) is 0 Å². The SMILES string of the molecule is CCO.OCC[NH+](Cc1ccccc1)Cc1ccccc1. The van der Waals surface area contributed by atoms with E-state index in [-0.39, 0.29) is 13.2 Å². The summed E-state index contributed by atoms with van der Waals surface area (Å²) in [6.07, 6.45) is 0. The van der Waals surface area contributed by atoms with Crippen molar-refractivity contribution >= 4 is 0 Å². The number of quaternary nitrogens is 1. The van der Waals surface area contributed by atoms with E-state index in [2.05, 4.69) is 48.5 Å². The van der Waals surface area contributed by atoms with Crippen LogP contribution in [0.4, 0.5) is 0 Å². The third-order valence-corrected chi connectivity index (χ3v) is 3.06. The van der Waals surface area contributed by atoms with E-state index in [1.807, 2.05) is 12.1 Å². The Hall–Kier alpha value is -1.68. The third kappa shape index (κ3) is 7.61. The van der Waals surface area contributed by atoms with Gasteiger partial charge in [0.2, 0.25) is 0 Å². The summed E-state index contributed by atoms with van der Waals surface area (Å²) in [5, 5.41) is 16.7. The van der Waals surface area contributed by atoms with Gasteiger partial charge in [-0.3, -0.25) is 0 Å². The number of aliphatic hydroxyl groups excluding tert-OH is 2. The average molecular weight is 288 g/mol. The average Bonchev–Trinajstić information content (AvgIpc) is 2.50. The molecule has 0 saturated carbocycles. The molecule has 3 nitrogen and oxygen atoms in total. The molecule has 0 spiro atoms. The zero-order chi connectivity index (χ0) is 15.3. The lowest BCUT2D eigenvalue weighted by Gasteiger charge is -2.18. The molecule has 2 aromatic rings. The largest absolute Gasteiger partial charge is 0.397 e. The highest BCUT2D eigenvalue weighted by Crippen LogP contribution is 1.98. The standard InChI is InChI=1S/C16H19NO.C2H6O/c18-12-11-17(13-15-7-3-1-4-8-15)14-16-9-5-2-6-10-16;1-2-3/h1-10,18H,11-14H2;3H,2H2,1H3/p+1. The first-order valence-corrected chi connectivity index (χ1v) is 7.43. The topological polar surface area (TPSA) is 44.9 Å². The lowest BCUT2D eigenvalue weighted by molar-refractivity contribution is -0.927. The first-order valence-electron chi connectivity index (χ1n) is 7.43. The monoisotopic (exact) mass is 288 g/mol. The van der Waals surface area contributed by atoms with Gasteiger partial charge in [-0.25, -0.2) is 0 Å². The second kappa shape index (κ2) is 11.0. The minimum absolute atomic E-state index is 0.231. The van der Waals surface area contributed by atoms with Gasteiger partial charge in [0.25, 0.3) is 0 Å². The van der Waals surface area contributed by atoms with Gasteiger partial charge in [0.1, 0.15) is 19.6 Å². The maximum atomic E-state index is 9.17. The first kappa shape index (κ1) is 17.4. The summed E-state index contributed by atoms with van der Waals surface area (Å²) in [5.74, 6) is 0. The highest BCUT2D eigenvalue weighted by molar-refractivity contribution is 5.14. The summed E-state index contributed by atoms with van der Waals surface area (Å²) in [7, 11) is 0. The van der Waals surface area contributed by atoms with Crippen LogP contribution in [-0.2, 0) is 13.1 Å². The van der Waals surface area contributed by atoms with Gasteiger partial charge in [0.15, 0.2) is 0 Å². The quantitative estimate of drug-likeness (QED) is 0.749.